The fourth-order valence-corrected chi connectivity index (χ4v) is 3.07. The van der Waals surface area contributed by atoms with E-state index in [1.807, 2.05) is 56.3 Å². The Morgan fingerprint density at radius 1 is 0.824 bits per heavy atom. The molecule has 0 atom stereocenters. The number of nitrogens with one attached hydrogen (secondary N) is 3. The monoisotopic (exact) mass is 477 g/mol. The molecule has 2 amide bonds. The number of rotatable bonds is 8. The van der Waals surface area contributed by atoms with Crippen molar-refractivity contribution in [1.82, 2.24) is 16.2 Å². The lowest BCUT2D eigenvalue weighted by molar-refractivity contribution is -0.123. The van der Waals surface area contributed by atoms with Gasteiger partial charge in [-0.2, -0.15) is 0 Å². The molecular weight excluding hydrogens is 450 g/mol. The van der Waals surface area contributed by atoms with E-state index in [9.17, 15) is 9.59 Å². The fourth-order valence-electron chi connectivity index (χ4n) is 2.92. The molecule has 176 valence electrons. The summed E-state index contributed by atoms with van der Waals surface area (Å²) in [6.45, 7) is 4.31. The van der Waals surface area contributed by atoms with E-state index in [2.05, 4.69) is 16.2 Å². The number of carbonyl (C=O) groups is 2. The van der Waals surface area contributed by atoms with Crippen LogP contribution in [0.4, 0.5) is 0 Å². The second-order valence-electron chi connectivity index (χ2n) is 7.84. The highest BCUT2D eigenvalue weighted by molar-refractivity contribution is 7.80. The van der Waals surface area contributed by atoms with Gasteiger partial charge in [0.25, 0.3) is 11.8 Å². The van der Waals surface area contributed by atoms with Gasteiger partial charge in [0.2, 0.25) is 0 Å². The minimum atomic E-state index is -0.454. The zero-order valence-electron chi connectivity index (χ0n) is 19.0. The second-order valence-corrected chi connectivity index (χ2v) is 8.24. The standard InChI is InChI=1S/C26H27N3O4S/c1-18(2)16-33-23-11-7-6-10-22(23)25(31)27-26(34)29-28-24(30)17-32-21-14-12-20(13-15-21)19-8-4-3-5-9-19/h3-15,18H,16-17H2,1-2H3,(H,28,30)(H2,27,29,31,34). The molecule has 0 radical (unpaired) electrons. The van der Waals surface area contributed by atoms with Gasteiger partial charge in [0.15, 0.2) is 11.7 Å². The van der Waals surface area contributed by atoms with E-state index in [1.54, 1.807) is 36.4 Å². The summed E-state index contributed by atoms with van der Waals surface area (Å²) in [6, 6.07) is 24.3. The number of hydrogen-bond donors (Lipinski definition) is 3. The van der Waals surface area contributed by atoms with Crippen LogP contribution < -0.4 is 25.6 Å². The quantitative estimate of drug-likeness (QED) is 0.334. The van der Waals surface area contributed by atoms with Crippen LogP contribution in [0, 0.1) is 5.92 Å². The summed E-state index contributed by atoms with van der Waals surface area (Å²) in [5.74, 6) is 0.444. The molecular formula is C26H27N3O4S. The molecule has 0 aromatic heterocycles. The van der Waals surface area contributed by atoms with Gasteiger partial charge in [-0.25, -0.2) is 0 Å². The van der Waals surface area contributed by atoms with Crippen LogP contribution in [0.5, 0.6) is 11.5 Å². The van der Waals surface area contributed by atoms with E-state index in [-0.39, 0.29) is 11.7 Å². The molecule has 0 fully saturated rings. The maximum absolute atomic E-state index is 12.5. The van der Waals surface area contributed by atoms with Gasteiger partial charge in [-0.05, 0) is 53.5 Å². The Morgan fingerprint density at radius 3 is 2.18 bits per heavy atom. The van der Waals surface area contributed by atoms with E-state index in [4.69, 9.17) is 21.7 Å². The maximum atomic E-state index is 12.5. The SMILES string of the molecule is CC(C)COc1ccccc1C(=O)NC(=S)NNC(=O)COc1ccc(-c2ccccc2)cc1. The molecule has 3 aromatic carbocycles. The first-order valence-electron chi connectivity index (χ1n) is 10.8. The summed E-state index contributed by atoms with van der Waals surface area (Å²) in [6.07, 6.45) is 0. The first kappa shape index (κ1) is 24.7. The molecule has 34 heavy (non-hydrogen) atoms. The first-order chi connectivity index (χ1) is 16.4. The Balaban J connectivity index is 1.43. The van der Waals surface area contributed by atoms with E-state index in [0.29, 0.717) is 29.6 Å². The molecule has 0 saturated heterocycles. The average Bonchev–Trinajstić information content (AvgIpc) is 2.86. The molecule has 0 aliphatic rings. The van der Waals surface area contributed by atoms with Crippen molar-refractivity contribution in [2.24, 2.45) is 5.92 Å². The molecule has 8 heteroatoms. The van der Waals surface area contributed by atoms with E-state index >= 15 is 0 Å². The van der Waals surface area contributed by atoms with Gasteiger partial charge in [0, 0.05) is 0 Å². The summed E-state index contributed by atoms with van der Waals surface area (Å²) in [7, 11) is 0. The predicted molar refractivity (Wildman–Crippen MR) is 135 cm³/mol. The van der Waals surface area contributed by atoms with Crippen LogP contribution in [-0.4, -0.2) is 30.1 Å². The topological polar surface area (TPSA) is 88.7 Å². The van der Waals surface area contributed by atoms with Gasteiger partial charge in [-0.3, -0.25) is 25.8 Å². The molecule has 3 N–H and O–H groups in total. The van der Waals surface area contributed by atoms with Crippen LogP contribution in [0.1, 0.15) is 24.2 Å². The van der Waals surface area contributed by atoms with Crippen molar-refractivity contribution < 1.29 is 19.1 Å². The van der Waals surface area contributed by atoms with Crippen molar-refractivity contribution in [3.05, 3.63) is 84.4 Å². The Labute approximate surface area is 204 Å². The number of carbonyl (C=O) groups excluding carboxylic acids is 2. The fraction of sp³-hybridized carbons (Fsp3) is 0.192. The van der Waals surface area contributed by atoms with Crippen LogP contribution in [-0.2, 0) is 4.79 Å². The van der Waals surface area contributed by atoms with Gasteiger partial charge in [0.05, 0.1) is 12.2 Å². The smallest absolute Gasteiger partial charge is 0.276 e. The number of hydrogen-bond acceptors (Lipinski definition) is 5. The highest BCUT2D eigenvalue weighted by Crippen LogP contribution is 2.22. The third-order valence-corrected chi connectivity index (χ3v) is 4.78. The lowest BCUT2D eigenvalue weighted by Crippen LogP contribution is -2.49. The highest BCUT2D eigenvalue weighted by atomic mass is 32.1. The van der Waals surface area contributed by atoms with E-state index < -0.39 is 11.8 Å². The normalized spacial score (nSPS) is 10.3. The number of benzene rings is 3. The summed E-state index contributed by atoms with van der Waals surface area (Å²) < 4.78 is 11.2. The molecule has 0 unspecified atom stereocenters. The van der Waals surface area contributed by atoms with Crippen molar-refractivity contribution in [3.8, 4) is 22.6 Å². The van der Waals surface area contributed by atoms with Gasteiger partial charge in [0.1, 0.15) is 11.5 Å². The lowest BCUT2D eigenvalue weighted by atomic mass is 10.1. The van der Waals surface area contributed by atoms with Crippen molar-refractivity contribution in [2.75, 3.05) is 13.2 Å². The molecule has 0 spiro atoms. The Morgan fingerprint density at radius 2 is 1.47 bits per heavy atom. The zero-order valence-corrected chi connectivity index (χ0v) is 19.9. The number of para-hydroxylation sites is 1. The van der Waals surface area contributed by atoms with Crippen LogP contribution in [0.15, 0.2) is 78.9 Å². The molecule has 0 bridgehead atoms. The Hall–Kier alpha value is -3.91. The lowest BCUT2D eigenvalue weighted by Gasteiger charge is -2.14. The Kier molecular flexibility index (Phi) is 8.99. The average molecular weight is 478 g/mol. The molecule has 0 aliphatic heterocycles. The molecule has 3 rings (SSSR count). The van der Waals surface area contributed by atoms with Crippen molar-refractivity contribution >= 4 is 29.1 Å². The minimum Gasteiger partial charge on any atom is -0.492 e. The van der Waals surface area contributed by atoms with E-state index in [1.165, 1.54) is 0 Å². The third kappa shape index (κ3) is 7.60. The molecule has 0 aliphatic carbocycles. The molecule has 3 aromatic rings. The summed E-state index contributed by atoms with van der Waals surface area (Å²) in [4.78, 5) is 24.6. The number of amides is 2. The van der Waals surface area contributed by atoms with Crippen molar-refractivity contribution in [1.29, 1.82) is 0 Å². The van der Waals surface area contributed by atoms with Gasteiger partial charge >= 0.3 is 0 Å². The van der Waals surface area contributed by atoms with Gasteiger partial charge in [-0.15, -0.1) is 0 Å². The second kappa shape index (κ2) is 12.4. The van der Waals surface area contributed by atoms with Crippen molar-refractivity contribution in [3.63, 3.8) is 0 Å². The Bertz CT molecular complexity index is 1120. The third-order valence-electron chi connectivity index (χ3n) is 4.58. The minimum absolute atomic E-state index is 0.0516. The summed E-state index contributed by atoms with van der Waals surface area (Å²) >= 11 is 5.10. The number of thiocarbonyl (C=S) groups is 1. The highest BCUT2D eigenvalue weighted by Gasteiger charge is 2.14. The predicted octanol–water partition coefficient (Wildman–Crippen LogP) is 4.10. The zero-order chi connectivity index (χ0) is 24.3. The first-order valence-corrected chi connectivity index (χ1v) is 11.2. The van der Waals surface area contributed by atoms with E-state index in [0.717, 1.165) is 11.1 Å². The largest absolute Gasteiger partial charge is 0.492 e. The van der Waals surface area contributed by atoms with Crippen molar-refractivity contribution in [2.45, 2.75) is 13.8 Å². The summed E-state index contributed by atoms with van der Waals surface area (Å²) in [5, 5.41) is 2.47. The van der Waals surface area contributed by atoms with Crippen LogP contribution in [0.2, 0.25) is 0 Å². The summed E-state index contributed by atoms with van der Waals surface area (Å²) in [5.41, 5.74) is 7.40. The number of hydrazine groups is 1. The van der Waals surface area contributed by atoms with Crippen LogP contribution >= 0.6 is 12.2 Å². The van der Waals surface area contributed by atoms with Crippen LogP contribution in [0.25, 0.3) is 11.1 Å². The van der Waals surface area contributed by atoms with Crippen LogP contribution in [0.3, 0.4) is 0 Å². The molecule has 0 saturated carbocycles. The number of ether oxygens (including phenoxy) is 2. The molecule has 0 heterocycles. The van der Waals surface area contributed by atoms with Gasteiger partial charge in [-0.1, -0.05) is 68.4 Å². The molecule has 7 nitrogen and oxygen atoms in total. The maximum Gasteiger partial charge on any atom is 0.276 e. The van der Waals surface area contributed by atoms with Gasteiger partial charge < -0.3 is 9.47 Å².